The average Bonchev–Trinajstić information content (AvgIpc) is 2.51. The summed E-state index contributed by atoms with van der Waals surface area (Å²) in [7, 11) is -3.23. The highest BCUT2D eigenvalue weighted by molar-refractivity contribution is 7.90. The zero-order valence-electron chi connectivity index (χ0n) is 14.5. The van der Waals surface area contributed by atoms with Crippen molar-refractivity contribution in [3.05, 3.63) is 59.2 Å². The lowest BCUT2D eigenvalue weighted by molar-refractivity contribution is 0.108. The molecular weight excluding hydrogens is 324 g/mol. The Morgan fingerprint density at radius 1 is 1.08 bits per heavy atom. The van der Waals surface area contributed by atoms with E-state index in [0.717, 1.165) is 11.8 Å². The third-order valence-corrected chi connectivity index (χ3v) is 5.09. The first kappa shape index (κ1) is 18.5. The van der Waals surface area contributed by atoms with Crippen molar-refractivity contribution in [2.24, 2.45) is 0 Å². The van der Waals surface area contributed by atoms with E-state index < -0.39 is 15.9 Å². The Bertz CT molecular complexity index is 793. The van der Waals surface area contributed by atoms with Crippen molar-refractivity contribution in [2.45, 2.75) is 37.7 Å². The van der Waals surface area contributed by atoms with Crippen molar-refractivity contribution in [1.29, 1.82) is 0 Å². The fraction of sp³-hybridized carbons (Fsp3) is 0.368. The molecule has 1 unspecified atom stereocenters. The number of hydrogen-bond acceptors (Lipinski definition) is 4. The SMILES string of the molecule is Cc1cc(OCC(O)c2ccc(S(C)(=O)=O)cc2)ccc1C(C)C. The van der Waals surface area contributed by atoms with Gasteiger partial charge in [0.25, 0.3) is 0 Å². The molecule has 0 saturated carbocycles. The van der Waals surface area contributed by atoms with Crippen LogP contribution in [0.1, 0.15) is 42.6 Å². The zero-order chi connectivity index (χ0) is 17.9. The number of aliphatic hydroxyl groups excluding tert-OH is 1. The van der Waals surface area contributed by atoms with Gasteiger partial charge in [-0.25, -0.2) is 8.42 Å². The second kappa shape index (κ2) is 7.36. The molecule has 130 valence electrons. The topological polar surface area (TPSA) is 63.6 Å². The Kier molecular flexibility index (Phi) is 5.67. The first-order chi connectivity index (χ1) is 11.2. The summed E-state index contributed by atoms with van der Waals surface area (Å²) in [5.74, 6) is 1.17. The Morgan fingerprint density at radius 2 is 1.71 bits per heavy atom. The van der Waals surface area contributed by atoms with E-state index in [1.54, 1.807) is 12.1 Å². The maximum Gasteiger partial charge on any atom is 0.175 e. The highest BCUT2D eigenvalue weighted by Gasteiger charge is 2.12. The van der Waals surface area contributed by atoms with Gasteiger partial charge in [0.1, 0.15) is 18.5 Å². The van der Waals surface area contributed by atoms with Crippen LogP contribution in [-0.2, 0) is 9.84 Å². The fourth-order valence-electron chi connectivity index (χ4n) is 2.59. The lowest BCUT2D eigenvalue weighted by atomic mass is 9.98. The molecule has 0 aliphatic heterocycles. The van der Waals surface area contributed by atoms with E-state index in [0.29, 0.717) is 17.2 Å². The molecule has 4 nitrogen and oxygen atoms in total. The molecule has 1 N–H and O–H groups in total. The molecular formula is C19H24O4S. The third-order valence-electron chi connectivity index (χ3n) is 3.96. The molecule has 0 heterocycles. The van der Waals surface area contributed by atoms with Gasteiger partial charge in [0, 0.05) is 6.26 Å². The van der Waals surface area contributed by atoms with Crippen LogP contribution in [0.25, 0.3) is 0 Å². The monoisotopic (exact) mass is 348 g/mol. The van der Waals surface area contributed by atoms with Gasteiger partial charge in [-0.3, -0.25) is 0 Å². The molecule has 0 saturated heterocycles. The van der Waals surface area contributed by atoms with E-state index in [1.807, 2.05) is 25.1 Å². The van der Waals surface area contributed by atoms with Crippen LogP contribution in [0, 0.1) is 6.92 Å². The van der Waals surface area contributed by atoms with E-state index in [9.17, 15) is 13.5 Å². The van der Waals surface area contributed by atoms with Gasteiger partial charge < -0.3 is 9.84 Å². The Hall–Kier alpha value is -1.85. The molecule has 1 atom stereocenters. The molecule has 0 aliphatic rings. The lowest BCUT2D eigenvalue weighted by Gasteiger charge is -2.15. The predicted octanol–water partition coefficient (Wildman–Crippen LogP) is 3.63. The standard InChI is InChI=1S/C19H24O4S/c1-13(2)18-10-7-16(11-14(18)3)23-12-19(20)15-5-8-17(9-6-15)24(4,21)22/h5-11,13,19-20H,12H2,1-4H3. The second-order valence-electron chi connectivity index (χ2n) is 6.34. The Labute approximate surface area is 144 Å². The number of rotatable bonds is 6. The van der Waals surface area contributed by atoms with Gasteiger partial charge in [-0.1, -0.05) is 32.0 Å². The highest BCUT2D eigenvalue weighted by atomic mass is 32.2. The van der Waals surface area contributed by atoms with Crippen LogP contribution in [0.4, 0.5) is 0 Å². The molecule has 0 radical (unpaired) electrons. The summed E-state index contributed by atoms with van der Waals surface area (Å²) in [6, 6.07) is 12.1. The quantitative estimate of drug-likeness (QED) is 0.866. The first-order valence-corrected chi connectivity index (χ1v) is 9.79. The largest absolute Gasteiger partial charge is 0.491 e. The van der Waals surface area contributed by atoms with E-state index >= 15 is 0 Å². The van der Waals surface area contributed by atoms with Crippen LogP contribution >= 0.6 is 0 Å². The third kappa shape index (κ3) is 4.58. The minimum Gasteiger partial charge on any atom is -0.491 e. The maximum atomic E-state index is 11.4. The van der Waals surface area contributed by atoms with Crippen molar-refractivity contribution in [3.63, 3.8) is 0 Å². The van der Waals surface area contributed by atoms with E-state index in [4.69, 9.17) is 4.74 Å². The Balaban J connectivity index is 2.03. The number of ether oxygens (including phenoxy) is 1. The molecule has 0 spiro atoms. The van der Waals surface area contributed by atoms with Gasteiger partial charge in [0.05, 0.1) is 4.90 Å². The summed E-state index contributed by atoms with van der Waals surface area (Å²) in [5.41, 5.74) is 3.06. The van der Waals surface area contributed by atoms with Crippen LogP contribution in [0.3, 0.4) is 0 Å². The minimum atomic E-state index is -3.23. The molecule has 0 fully saturated rings. The van der Waals surface area contributed by atoms with Crippen molar-refractivity contribution in [2.75, 3.05) is 12.9 Å². The summed E-state index contributed by atoms with van der Waals surface area (Å²) < 4.78 is 28.6. The minimum absolute atomic E-state index is 0.110. The number of aliphatic hydroxyl groups is 1. The van der Waals surface area contributed by atoms with Crippen LogP contribution in [0.15, 0.2) is 47.4 Å². The van der Waals surface area contributed by atoms with Gasteiger partial charge in [-0.05, 0) is 53.8 Å². The number of hydrogen-bond donors (Lipinski definition) is 1. The van der Waals surface area contributed by atoms with Gasteiger partial charge in [-0.2, -0.15) is 0 Å². The molecule has 0 aromatic heterocycles. The van der Waals surface area contributed by atoms with Gasteiger partial charge in [0.15, 0.2) is 9.84 Å². The van der Waals surface area contributed by atoms with E-state index in [1.165, 1.54) is 17.7 Å². The first-order valence-electron chi connectivity index (χ1n) is 7.90. The highest BCUT2D eigenvalue weighted by Crippen LogP contribution is 2.24. The van der Waals surface area contributed by atoms with Gasteiger partial charge >= 0.3 is 0 Å². The van der Waals surface area contributed by atoms with Crippen molar-refractivity contribution < 1.29 is 18.3 Å². The van der Waals surface area contributed by atoms with Crippen molar-refractivity contribution >= 4 is 9.84 Å². The average molecular weight is 348 g/mol. The molecule has 0 amide bonds. The normalized spacial score (nSPS) is 13.1. The van der Waals surface area contributed by atoms with E-state index in [2.05, 4.69) is 13.8 Å². The maximum absolute atomic E-state index is 11.4. The number of sulfone groups is 1. The molecule has 0 bridgehead atoms. The number of benzene rings is 2. The van der Waals surface area contributed by atoms with Crippen molar-refractivity contribution in [1.82, 2.24) is 0 Å². The summed E-state index contributed by atoms with van der Waals surface area (Å²) in [6.45, 7) is 6.45. The second-order valence-corrected chi connectivity index (χ2v) is 8.36. The summed E-state index contributed by atoms with van der Waals surface area (Å²) >= 11 is 0. The van der Waals surface area contributed by atoms with Crippen molar-refractivity contribution in [3.8, 4) is 5.75 Å². The zero-order valence-corrected chi connectivity index (χ0v) is 15.3. The molecule has 2 aromatic carbocycles. The van der Waals surface area contributed by atoms with Crippen LogP contribution < -0.4 is 4.74 Å². The van der Waals surface area contributed by atoms with E-state index in [-0.39, 0.29) is 11.5 Å². The Morgan fingerprint density at radius 3 is 2.21 bits per heavy atom. The molecule has 24 heavy (non-hydrogen) atoms. The smallest absolute Gasteiger partial charge is 0.175 e. The van der Waals surface area contributed by atoms with Gasteiger partial charge in [0.2, 0.25) is 0 Å². The summed E-state index contributed by atoms with van der Waals surface area (Å²) in [6.07, 6.45) is 0.341. The summed E-state index contributed by atoms with van der Waals surface area (Å²) in [5, 5.41) is 10.2. The van der Waals surface area contributed by atoms with Crippen LogP contribution in [0.2, 0.25) is 0 Å². The molecule has 2 rings (SSSR count). The molecule has 5 heteroatoms. The predicted molar refractivity (Wildman–Crippen MR) is 95.3 cm³/mol. The lowest BCUT2D eigenvalue weighted by Crippen LogP contribution is -2.10. The fourth-order valence-corrected chi connectivity index (χ4v) is 3.22. The number of aryl methyl sites for hydroxylation is 1. The van der Waals surface area contributed by atoms with Gasteiger partial charge in [-0.15, -0.1) is 0 Å². The van der Waals surface area contributed by atoms with Crippen LogP contribution in [0.5, 0.6) is 5.75 Å². The van der Waals surface area contributed by atoms with Crippen LogP contribution in [-0.4, -0.2) is 26.4 Å². The molecule has 0 aliphatic carbocycles. The molecule has 2 aromatic rings. The summed E-state index contributed by atoms with van der Waals surface area (Å²) in [4.78, 5) is 0.235.